The molecule has 0 aromatic heterocycles. The Hall–Kier alpha value is -8.78. The summed E-state index contributed by atoms with van der Waals surface area (Å²) < 4.78 is 96.7. The normalized spacial score (nSPS) is 16.2. The minimum absolute atomic E-state index is 0.0434. The lowest BCUT2D eigenvalue weighted by molar-refractivity contribution is -0.870. The van der Waals surface area contributed by atoms with Crippen LogP contribution in [0.2, 0.25) is 0 Å². The number of carbonyl (C=O) groups excluding carboxylic acids is 6. The standard InChI is InChI=1S/C59H65F6N11O8/c1-38-50(54(79)83-30-28-75(4,5)6)52(42-20-16-40(34-66)17-21-42)71(56(81)73(38)46-14-10-12-44(32-46)58(60,61)62)36-48(77)68-24-26-70(3)27-25-69-49(78)37-72-53(43-22-18-41(35-67)19-23-43)51(55(80)84-31-29-76(7,8)9)39(2)74(57(72)82)47-15-11-13-45(33-47)59(63,64)65/h10-23,32-33,52-53H,24-31,36-37H2,1-9H3/p+2. The van der Waals surface area contributed by atoms with E-state index in [1.807, 2.05) is 54.4 Å². The average molecular weight is 1170 g/mol. The van der Waals surface area contributed by atoms with Crippen LogP contribution >= 0.6 is 0 Å². The molecule has 0 spiro atoms. The van der Waals surface area contributed by atoms with Gasteiger partial charge in [0.25, 0.3) is 0 Å². The van der Waals surface area contributed by atoms with E-state index in [-0.39, 0.29) is 84.4 Å². The van der Waals surface area contributed by atoms with E-state index in [0.29, 0.717) is 33.2 Å². The second kappa shape index (κ2) is 26.6. The van der Waals surface area contributed by atoms with Crippen molar-refractivity contribution in [2.45, 2.75) is 38.3 Å². The number of nitriles is 2. The number of halogens is 6. The van der Waals surface area contributed by atoms with Gasteiger partial charge in [-0.05, 0) is 92.7 Å². The molecule has 446 valence electrons. The number of esters is 2. The molecule has 2 heterocycles. The summed E-state index contributed by atoms with van der Waals surface area (Å²) in [6.45, 7) is 2.15. The predicted octanol–water partition coefficient (Wildman–Crippen LogP) is 7.35. The number of hydrogen-bond donors (Lipinski definition) is 2. The van der Waals surface area contributed by atoms with Crippen molar-refractivity contribution >= 4 is 47.2 Å². The number of likely N-dealkylation sites (N-methyl/N-ethyl adjacent to an activating group) is 3. The third-order valence-corrected chi connectivity index (χ3v) is 13.8. The number of anilines is 2. The van der Waals surface area contributed by atoms with Crippen molar-refractivity contribution in [1.29, 1.82) is 10.5 Å². The van der Waals surface area contributed by atoms with Crippen molar-refractivity contribution in [3.63, 3.8) is 0 Å². The van der Waals surface area contributed by atoms with Crippen LogP contribution in [0.25, 0.3) is 0 Å². The number of carbonyl (C=O) groups is 6. The molecule has 6 rings (SSSR count). The Morgan fingerprint density at radius 3 is 1.24 bits per heavy atom. The highest BCUT2D eigenvalue weighted by Gasteiger charge is 2.46. The quantitative estimate of drug-likeness (QED) is 0.0452. The number of rotatable bonds is 22. The van der Waals surface area contributed by atoms with Crippen molar-refractivity contribution in [3.8, 4) is 12.1 Å². The monoisotopic (exact) mass is 1170 g/mol. The summed E-state index contributed by atoms with van der Waals surface area (Å²) in [4.78, 5) is 91.5. The van der Waals surface area contributed by atoms with Gasteiger partial charge in [0, 0.05) is 37.6 Å². The molecule has 0 saturated heterocycles. The smallest absolute Gasteiger partial charge is 0.416 e. The van der Waals surface area contributed by atoms with Gasteiger partial charge in [-0.1, -0.05) is 36.4 Å². The van der Waals surface area contributed by atoms with Gasteiger partial charge < -0.3 is 43.8 Å². The van der Waals surface area contributed by atoms with Gasteiger partial charge in [-0.15, -0.1) is 0 Å². The summed E-state index contributed by atoms with van der Waals surface area (Å²) in [7, 11) is 12.9. The highest BCUT2D eigenvalue weighted by atomic mass is 19.4. The summed E-state index contributed by atoms with van der Waals surface area (Å²) in [6, 6.07) is 19.2. The molecule has 25 heteroatoms. The summed E-state index contributed by atoms with van der Waals surface area (Å²) in [6.07, 6.45) is -9.61. The first-order valence-corrected chi connectivity index (χ1v) is 26.5. The van der Waals surface area contributed by atoms with E-state index in [0.717, 1.165) is 56.0 Å². The maximum atomic E-state index is 14.7. The van der Waals surface area contributed by atoms with Crippen LogP contribution in [0.5, 0.6) is 0 Å². The number of amides is 6. The minimum atomic E-state index is -4.80. The van der Waals surface area contributed by atoms with Gasteiger partial charge in [0.2, 0.25) is 11.8 Å². The van der Waals surface area contributed by atoms with Gasteiger partial charge in [-0.3, -0.25) is 19.4 Å². The second-order valence-electron chi connectivity index (χ2n) is 22.2. The average Bonchev–Trinajstić information content (AvgIpc) is 0.909. The zero-order chi connectivity index (χ0) is 62.1. The van der Waals surface area contributed by atoms with Crippen molar-refractivity contribution in [1.82, 2.24) is 25.3 Å². The van der Waals surface area contributed by atoms with Gasteiger partial charge in [-0.25, -0.2) is 19.2 Å². The van der Waals surface area contributed by atoms with E-state index in [1.54, 1.807) is 11.9 Å². The largest absolute Gasteiger partial charge is 0.456 e. The number of urea groups is 2. The van der Waals surface area contributed by atoms with Crippen LogP contribution in [0.1, 0.15) is 59.3 Å². The van der Waals surface area contributed by atoms with E-state index < -0.39 is 84.5 Å². The molecule has 2 atom stereocenters. The predicted molar refractivity (Wildman–Crippen MR) is 296 cm³/mol. The number of ether oxygens (including phenoxy) is 2. The van der Waals surface area contributed by atoms with Crippen molar-refractivity contribution in [2.24, 2.45) is 0 Å². The molecule has 4 aromatic rings. The third-order valence-electron chi connectivity index (χ3n) is 13.8. The lowest BCUT2D eigenvalue weighted by Gasteiger charge is -2.42. The summed E-state index contributed by atoms with van der Waals surface area (Å²) in [5, 5.41) is 24.6. The van der Waals surface area contributed by atoms with Crippen LogP contribution < -0.4 is 20.4 Å². The topological polar surface area (TPSA) is 209 Å². The molecule has 0 fully saturated rings. The van der Waals surface area contributed by atoms with Crippen LogP contribution in [-0.4, -0.2) is 174 Å². The Morgan fingerprint density at radius 1 is 0.583 bits per heavy atom. The van der Waals surface area contributed by atoms with Gasteiger partial charge in [0.1, 0.15) is 39.4 Å². The van der Waals surface area contributed by atoms with Crippen LogP contribution in [0, 0.1) is 22.7 Å². The van der Waals surface area contributed by atoms with Crippen LogP contribution in [0.4, 0.5) is 47.3 Å². The molecular weight excluding hydrogens is 1100 g/mol. The molecule has 0 saturated carbocycles. The van der Waals surface area contributed by atoms with E-state index in [4.69, 9.17) is 9.47 Å². The summed E-state index contributed by atoms with van der Waals surface area (Å²) in [5.74, 6) is -3.25. The highest BCUT2D eigenvalue weighted by molar-refractivity contribution is 6.05. The zero-order valence-corrected chi connectivity index (χ0v) is 48.0. The molecular formula is C59H67F6N11O8+2. The molecule has 2 N–H and O–H groups in total. The Morgan fingerprint density at radius 2 is 0.929 bits per heavy atom. The van der Waals surface area contributed by atoms with E-state index in [2.05, 4.69) is 10.6 Å². The SMILES string of the molecule is CC1=C(C(=O)OCC[N+](C)(C)C)C(c2ccc(C#N)cc2)N(CC(=O)NCCN(C)CCNC(=O)CN2C(=O)N(c3cccc(C(F)(F)F)c3)C(C)=C(C(=O)OCC[N+](C)(C)C)C2c2ccc(C#N)cc2)C(=O)N1c1cccc(C(F)(F)F)c1. The van der Waals surface area contributed by atoms with E-state index in [1.165, 1.54) is 74.5 Å². The number of benzene rings is 4. The third kappa shape index (κ3) is 16.3. The van der Waals surface area contributed by atoms with Gasteiger partial charge >= 0.3 is 36.4 Å². The fourth-order valence-corrected chi connectivity index (χ4v) is 9.26. The molecule has 2 aliphatic heterocycles. The molecule has 4 aromatic carbocycles. The van der Waals surface area contributed by atoms with Crippen LogP contribution in [-0.2, 0) is 41.0 Å². The first kappa shape index (κ1) is 64.4. The summed E-state index contributed by atoms with van der Waals surface area (Å²) in [5.41, 5.74) is -1.95. The number of alkyl halides is 6. The summed E-state index contributed by atoms with van der Waals surface area (Å²) >= 11 is 0. The fraction of sp³-hybridized carbons (Fsp3) is 0.390. The minimum Gasteiger partial charge on any atom is -0.456 e. The van der Waals surface area contributed by atoms with Gasteiger partial charge in [-0.2, -0.15) is 36.9 Å². The molecule has 2 aliphatic rings. The van der Waals surface area contributed by atoms with Crippen molar-refractivity contribution < 1.29 is 73.5 Å². The number of nitrogens with one attached hydrogen (secondary N) is 2. The lowest BCUT2D eigenvalue weighted by Crippen LogP contribution is -2.54. The lowest BCUT2D eigenvalue weighted by atomic mass is 9.92. The maximum Gasteiger partial charge on any atom is 0.416 e. The molecule has 0 aliphatic carbocycles. The molecule has 84 heavy (non-hydrogen) atoms. The molecule has 2 unspecified atom stereocenters. The number of quaternary nitrogens is 2. The molecule has 0 bridgehead atoms. The van der Waals surface area contributed by atoms with Gasteiger partial charge in [0.05, 0.1) is 111 Å². The Kier molecular flexibility index (Phi) is 20.4. The maximum absolute atomic E-state index is 14.7. The Balaban J connectivity index is 1.20. The number of nitrogens with zero attached hydrogens (tertiary/aromatic N) is 9. The molecule has 6 amide bonds. The van der Waals surface area contributed by atoms with Gasteiger partial charge in [0.15, 0.2) is 0 Å². The number of allylic oxidation sites excluding steroid dienone is 2. The number of hydrogen-bond acceptors (Lipinski definition) is 11. The van der Waals surface area contributed by atoms with Crippen molar-refractivity contribution in [3.05, 3.63) is 153 Å². The Labute approximate surface area is 483 Å². The van der Waals surface area contributed by atoms with E-state index in [9.17, 15) is 65.6 Å². The molecule has 0 radical (unpaired) electrons. The first-order valence-electron chi connectivity index (χ1n) is 26.5. The fourth-order valence-electron chi connectivity index (χ4n) is 9.26. The first-order chi connectivity index (χ1) is 39.3. The Bertz CT molecular complexity index is 3050. The van der Waals surface area contributed by atoms with E-state index >= 15 is 0 Å². The molecule has 19 nitrogen and oxygen atoms in total. The van der Waals surface area contributed by atoms with Crippen LogP contribution in [0.15, 0.2) is 120 Å². The highest BCUT2D eigenvalue weighted by Crippen LogP contribution is 2.43. The van der Waals surface area contributed by atoms with Crippen molar-refractivity contribution in [2.75, 3.05) is 125 Å². The second-order valence-corrected chi connectivity index (χ2v) is 22.2. The zero-order valence-electron chi connectivity index (χ0n) is 48.0. The van der Waals surface area contributed by atoms with Crippen LogP contribution in [0.3, 0.4) is 0 Å².